The highest BCUT2D eigenvalue weighted by molar-refractivity contribution is 9.10. The molecule has 0 aromatic heterocycles. The maximum atomic E-state index is 14.6. The third kappa shape index (κ3) is 3.14. The lowest BCUT2D eigenvalue weighted by Crippen LogP contribution is -2.47. The summed E-state index contributed by atoms with van der Waals surface area (Å²) in [4.78, 5) is 0. The van der Waals surface area contributed by atoms with Crippen LogP contribution in [0.3, 0.4) is 0 Å². The van der Waals surface area contributed by atoms with Gasteiger partial charge in [0.25, 0.3) is 0 Å². The molecule has 1 N–H and O–H groups in total. The van der Waals surface area contributed by atoms with Crippen LogP contribution in [0.5, 0.6) is 0 Å². The zero-order valence-electron chi connectivity index (χ0n) is 13.8. The molecule has 2 aliphatic heterocycles. The summed E-state index contributed by atoms with van der Waals surface area (Å²) in [5.74, 6) is 0.344. The maximum Gasteiger partial charge on any atom is 0.147 e. The van der Waals surface area contributed by atoms with E-state index in [1.165, 1.54) is 6.07 Å². The van der Waals surface area contributed by atoms with Crippen LogP contribution < -0.4 is 5.32 Å². The standard InChI is InChI=1S/C20H20BrFN2O/c21-13-10-16-19(17(22)11-13)24-18(12-4-2-1-3-5-12)15-7-6-14(8-9-23)25-20(15)16/h1-4,10-12,14-15,18,20,24H,5-8H2/t12?,14-,15+,18+,20+/m1/s1. The SMILES string of the molecule is N#CC[C@H]1CC[C@@H]2[C@H](O1)c1cc(Br)cc(F)c1N[C@H]2C1C=CC=CC1. The van der Waals surface area contributed by atoms with Gasteiger partial charge in [0, 0.05) is 27.9 Å². The Balaban J connectivity index is 1.73. The van der Waals surface area contributed by atoms with E-state index in [4.69, 9.17) is 10.00 Å². The number of ether oxygens (including phenoxy) is 1. The molecule has 130 valence electrons. The van der Waals surface area contributed by atoms with Gasteiger partial charge in [0.1, 0.15) is 5.82 Å². The van der Waals surface area contributed by atoms with Crippen LogP contribution >= 0.6 is 15.9 Å². The zero-order chi connectivity index (χ0) is 17.4. The van der Waals surface area contributed by atoms with Crippen molar-refractivity contribution in [1.82, 2.24) is 0 Å². The summed E-state index contributed by atoms with van der Waals surface area (Å²) in [6, 6.07) is 5.79. The minimum absolute atomic E-state index is 0.0679. The molecule has 1 fully saturated rings. The van der Waals surface area contributed by atoms with Gasteiger partial charge in [-0.05, 0) is 31.4 Å². The van der Waals surface area contributed by atoms with Crippen molar-refractivity contribution in [2.45, 2.75) is 43.9 Å². The Morgan fingerprint density at radius 3 is 2.96 bits per heavy atom. The number of nitrogens with one attached hydrogen (secondary N) is 1. The molecule has 1 aliphatic carbocycles. The Labute approximate surface area is 155 Å². The Bertz CT molecular complexity index is 770. The number of anilines is 1. The van der Waals surface area contributed by atoms with Crippen LogP contribution in [0.15, 0.2) is 40.9 Å². The second-order valence-electron chi connectivity index (χ2n) is 7.02. The van der Waals surface area contributed by atoms with E-state index in [9.17, 15) is 4.39 Å². The fourth-order valence-electron chi connectivity index (χ4n) is 4.36. The summed E-state index contributed by atoms with van der Waals surface area (Å²) in [7, 11) is 0. The number of halogens is 2. The zero-order valence-corrected chi connectivity index (χ0v) is 15.4. The summed E-state index contributed by atoms with van der Waals surface area (Å²) in [6.45, 7) is 0. The molecule has 25 heavy (non-hydrogen) atoms. The number of fused-ring (bicyclic) bond motifs is 3. The summed E-state index contributed by atoms with van der Waals surface area (Å²) in [6.07, 6.45) is 11.5. The summed E-state index contributed by atoms with van der Waals surface area (Å²) in [5, 5.41) is 12.5. The lowest BCUT2D eigenvalue weighted by Gasteiger charge is -2.47. The van der Waals surface area contributed by atoms with Gasteiger partial charge in [-0.3, -0.25) is 0 Å². The summed E-state index contributed by atoms with van der Waals surface area (Å²) in [5.41, 5.74) is 1.42. The number of nitriles is 1. The van der Waals surface area contributed by atoms with E-state index in [-0.39, 0.29) is 30.0 Å². The van der Waals surface area contributed by atoms with Crippen molar-refractivity contribution >= 4 is 21.6 Å². The van der Waals surface area contributed by atoms with Crippen molar-refractivity contribution in [3.63, 3.8) is 0 Å². The third-order valence-corrected chi connectivity index (χ3v) is 5.97. The monoisotopic (exact) mass is 402 g/mol. The van der Waals surface area contributed by atoms with Crippen molar-refractivity contribution < 1.29 is 9.13 Å². The van der Waals surface area contributed by atoms with Crippen molar-refractivity contribution in [1.29, 1.82) is 5.26 Å². The fraction of sp³-hybridized carbons (Fsp3) is 0.450. The molecule has 1 aromatic carbocycles. The van der Waals surface area contributed by atoms with Gasteiger partial charge in [-0.25, -0.2) is 4.39 Å². The van der Waals surface area contributed by atoms with Crippen molar-refractivity contribution in [3.8, 4) is 6.07 Å². The largest absolute Gasteiger partial charge is 0.379 e. The molecule has 0 spiro atoms. The molecule has 1 unspecified atom stereocenters. The molecule has 4 rings (SSSR count). The normalized spacial score (nSPS) is 33.1. The Morgan fingerprint density at radius 1 is 1.32 bits per heavy atom. The predicted octanol–water partition coefficient (Wildman–Crippen LogP) is 5.26. The number of nitrogens with zero attached hydrogens (tertiary/aromatic N) is 1. The molecule has 5 atom stereocenters. The van der Waals surface area contributed by atoms with E-state index in [0.717, 1.165) is 24.8 Å². The molecular formula is C20H20BrFN2O. The molecule has 0 amide bonds. The number of allylic oxidation sites excluding steroid dienone is 3. The number of benzene rings is 1. The smallest absolute Gasteiger partial charge is 0.147 e. The van der Waals surface area contributed by atoms with Crippen LogP contribution in [0.1, 0.15) is 37.4 Å². The highest BCUT2D eigenvalue weighted by atomic mass is 79.9. The van der Waals surface area contributed by atoms with Gasteiger partial charge in [0.15, 0.2) is 0 Å². The molecule has 1 saturated heterocycles. The van der Waals surface area contributed by atoms with E-state index in [0.29, 0.717) is 22.5 Å². The molecule has 0 radical (unpaired) electrons. The van der Waals surface area contributed by atoms with E-state index < -0.39 is 0 Å². The maximum absolute atomic E-state index is 14.6. The third-order valence-electron chi connectivity index (χ3n) is 5.51. The second kappa shape index (κ2) is 6.93. The topological polar surface area (TPSA) is 45.0 Å². The Kier molecular flexibility index (Phi) is 4.66. The molecule has 2 heterocycles. The van der Waals surface area contributed by atoms with Crippen LogP contribution in [0.2, 0.25) is 0 Å². The van der Waals surface area contributed by atoms with Crippen LogP contribution in [-0.2, 0) is 4.74 Å². The first kappa shape index (κ1) is 16.8. The van der Waals surface area contributed by atoms with Gasteiger partial charge in [0.05, 0.1) is 30.4 Å². The van der Waals surface area contributed by atoms with Crippen molar-refractivity contribution in [2.75, 3.05) is 5.32 Å². The Morgan fingerprint density at radius 2 is 2.20 bits per heavy atom. The minimum Gasteiger partial charge on any atom is -0.379 e. The molecule has 3 aliphatic rings. The van der Waals surface area contributed by atoms with Gasteiger partial charge in [0.2, 0.25) is 0 Å². The van der Waals surface area contributed by atoms with Gasteiger partial charge in [-0.1, -0.05) is 40.2 Å². The van der Waals surface area contributed by atoms with Crippen molar-refractivity contribution in [2.24, 2.45) is 11.8 Å². The Hall–Kier alpha value is -1.64. The number of rotatable bonds is 2. The summed E-state index contributed by atoms with van der Waals surface area (Å²) < 4.78 is 21.7. The molecule has 3 nitrogen and oxygen atoms in total. The van der Waals surface area contributed by atoms with Gasteiger partial charge >= 0.3 is 0 Å². The van der Waals surface area contributed by atoms with Crippen molar-refractivity contribution in [3.05, 3.63) is 52.3 Å². The van der Waals surface area contributed by atoms with Crippen LogP contribution in [0.25, 0.3) is 0 Å². The molecule has 5 heteroatoms. The lowest BCUT2D eigenvalue weighted by atomic mass is 9.73. The fourth-order valence-corrected chi connectivity index (χ4v) is 4.81. The van der Waals surface area contributed by atoms with Gasteiger partial charge < -0.3 is 10.1 Å². The number of hydrogen-bond acceptors (Lipinski definition) is 3. The first-order chi connectivity index (χ1) is 12.2. The molecular weight excluding hydrogens is 383 g/mol. The minimum atomic E-state index is -0.255. The highest BCUT2D eigenvalue weighted by Gasteiger charge is 2.44. The second-order valence-corrected chi connectivity index (χ2v) is 7.93. The van der Waals surface area contributed by atoms with Crippen LogP contribution in [-0.4, -0.2) is 12.1 Å². The van der Waals surface area contributed by atoms with E-state index in [1.807, 2.05) is 6.07 Å². The predicted molar refractivity (Wildman–Crippen MR) is 98.5 cm³/mol. The quantitative estimate of drug-likeness (QED) is 0.732. The lowest BCUT2D eigenvalue weighted by molar-refractivity contribution is -0.0933. The van der Waals surface area contributed by atoms with E-state index >= 15 is 0 Å². The first-order valence-corrected chi connectivity index (χ1v) is 9.58. The van der Waals surface area contributed by atoms with Gasteiger partial charge in [-0.2, -0.15) is 5.26 Å². The van der Waals surface area contributed by atoms with Crippen LogP contribution in [0, 0.1) is 29.0 Å². The van der Waals surface area contributed by atoms with E-state index in [1.54, 1.807) is 0 Å². The molecule has 0 saturated carbocycles. The number of hydrogen-bond donors (Lipinski definition) is 1. The average molecular weight is 403 g/mol. The summed E-state index contributed by atoms with van der Waals surface area (Å²) >= 11 is 3.40. The van der Waals surface area contributed by atoms with Gasteiger partial charge in [-0.15, -0.1) is 0 Å². The molecule has 1 aromatic rings. The van der Waals surface area contributed by atoms with E-state index in [2.05, 4.69) is 51.6 Å². The highest BCUT2D eigenvalue weighted by Crippen LogP contribution is 2.49. The van der Waals surface area contributed by atoms with Crippen LogP contribution in [0.4, 0.5) is 10.1 Å². The first-order valence-electron chi connectivity index (χ1n) is 8.78. The average Bonchev–Trinajstić information content (AvgIpc) is 2.62. The molecule has 0 bridgehead atoms.